The number of aromatic hydroxyl groups is 1. The first-order chi connectivity index (χ1) is 5.15. The predicted molar refractivity (Wildman–Crippen MR) is 45.3 cm³/mol. The molecule has 0 bridgehead atoms. The minimum absolute atomic E-state index is 0.00130. The number of benzene rings is 1. The second-order valence-electron chi connectivity index (χ2n) is 2.03. The number of phenolic OH excluding ortho intramolecular Hbond substituents is 1. The number of rotatable bonds is 1. The highest BCUT2D eigenvalue weighted by atomic mass is 79.9. The van der Waals surface area contributed by atoms with E-state index in [4.69, 9.17) is 11.6 Å². The highest BCUT2D eigenvalue weighted by Gasteiger charge is 2.06. The van der Waals surface area contributed by atoms with Crippen LogP contribution in [-0.2, 0) is 5.88 Å². The molecule has 0 aromatic heterocycles. The molecule has 0 aliphatic rings. The molecule has 0 radical (unpaired) electrons. The molecule has 0 fully saturated rings. The van der Waals surface area contributed by atoms with E-state index in [2.05, 4.69) is 15.9 Å². The SMILES string of the molecule is Oc1c(Br)cc(F)cc1CCl. The third kappa shape index (κ3) is 1.84. The standard InChI is InChI=1S/C7H5BrClFO/c8-6-2-5(10)1-4(3-9)7(6)11/h1-2,11H,3H2. The Morgan fingerprint density at radius 1 is 1.55 bits per heavy atom. The van der Waals surface area contributed by atoms with Crippen molar-refractivity contribution in [3.63, 3.8) is 0 Å². The zero-order valence-corrected chi connectivity index (χ0v) is 7.78. The predicted octanol–water partition coefficient (Wildman–Crippen LogP) is 3.03. The fourth-order valence-electron chi connectivity index (χ4n) is 0.721. The van der Waals surface area contributed by atoms with E-state index < -0.39 is 5.82 Å². The van der Waals surface area contributed by atoms with Gasteiger partial charge >= 0.3 is 0 Å². The van der Waals surface area contributed by atoms with Crippen LogP contribution in [0.2, 0.25) is 0 Å². The molecule has 0 atom stereocenters. The van der Waals surface area contributed by atoms with Gasteiger partial charge in [-0.1, -0.05) is 0 Å². The van der Waals surface area contributed by atoms with Gasteiger partial charge < -0.3 is 5.11 Å². The van der Waals surface area contributed by atoms with Gasteiger partial charge in [-0.05, 0) is 28.1 Å². The summed E-state index contributed by atoms with van der Waals surface area (Å²) < 4.78 is 12.9. The van der Waals surface area contributed by atoms with E-state index in [0.29, 0.717) is 10.0 Å². The molecule has 60 valence electrons. The van der Waals surface area contributed by atoms with Gasteiger partial charge in [0.1, 0.15) is 11.6 Å². The molecule has 0 aliphatic carbocycles. The van der Waals surface area contributed by atoms with Crippen LogP contribution in [0.15, 0.2) is 16.6 Å². The van der Waals surface area contributed by atoms with Crippen molar-refractivity contribution in [3.05, 3.63) is 28.0 Å². The van der Waals surface area contributed by atoms with Gasteiger partial charge in [0.25, 0.3) is 0 Å². The Morgan fingerprint density at radius 2 is 2.18 bits per heavy atom. The summed E-state index contributed by atoms with van der Waals surface area (Å²) in [5, 5.41) is 9.22. The number of alkyl halides is 1. The molecular formula is C7H5BrClFO. The van der Waals surface area contributed by atoms with Gasteiger partial charge in [0.2, 0.25) is 0 Å². The molecule has 0 unspecified atom stereocenters. The van der Waals surface area contributed by atoms with E-state index >= 15 is 0 Å². The van der Waals surface area contributed by atoms with Crippen molar-refractivity contribution in [1.29, 1.82) is 0 Å². The first kappa shape index (κ1) is 8.81. The van der Waals surface area contributed by atoms with Crippen LogP contribution in [0.5, 0.6) is 5.75 Å². The number of phenols is 1. The molecule has 0 saturated heterocycles. The molecule has 0 aliphatic heterocycles. The molecule has 11 heavy (non-hydrogen) atoms. The molecule has 1 aromatic rings. The average molecular weight is 239 g/mol. The Bertz CT molecular complexity index is 277. The Labute approximate surface area is 76.9 Å². The smallest absolute Gasteiger partial charge is 0.134 e. The fraction of sp³-hybridized carbons (Fsp3) is 0.143. The van der Waals surface area contributed by atoms with E-state index in [1.165, 1.54) is 12.1 Å². The van der Waals surface area contributed by atoms with Gasteiger partial charge in [-0.25, -0.2) is 4.39 Å². The van der Waals surface area contributed by atoms with Crippen LogP contribution in [0.3, 0.4) is 0 Å². The maximum atomic E-state index is 12.6. The molecule has 0 heterocycles. The topological polar surface area (TPSA) is 20.2 Å². The summed E-state index contributed by atoms with van der Waals surface area (Å²) in [6, 6.07) is 2.39. The van der Waals surface area contributed by atoms with Crippen molar-refractivity contribution >= 4 is 27.5 Å². The van der Waals surface area contributed by atoms with E-state index in [1.54, 1.807) is 0 Å². The lowest BCUT2D eigenvalue weighted by Gasteiger charge is -2.02. The highest BCUT2D eigenvalue weighted by molar-refractivity contribution is 9.10. The normalized spacial score (nSPS) is 10.1. The van der Waals surface area contributed by atoms with Crippen LogP contribution in [0.4, 0.5) is 4.39 Å². The Morgan fingerprint density at radius 3 is 2.73 bits per heavy atom. The van der Waals surface area contributed by atoms with E-state index in [-0.39, 0.29) is 11.6 Å². The van der Waals surface area contributed by atoms with Gasteiger partial charge in [0.15, 0.2) is 0 Å². The minimum Gasteiger partial charge on any atom is -0.506 e. The van der Waals surface area contributed by atoms with Crippen molar-refractivity contribution < 1.29 is 9.50 Å². The molecule has 0 spiro atoms. The van der Waals surface area contributed by atoms with Crippen molar-refractivity contribution in [3.8, 4) is 5.75 Å². The second-order valence-corrected chi connectivity index (χ2v) is 3.15. The summed E-state index contributed by atoms with van der Waals surface area (Å²) in [5.41, 5.74) is 0.388. The van der Waals surface area contributed by atoms with Crippen molar-refractivity contribution in [1.82, 2.24) is 0 Å². The first-order valence-corrected chi connectivity index (χ1v) is 4.20. The van der Waals surface area contributed by atoms with Crippen molar-refractivity contribution in [2.75, 3.05) is 0 Å². The Hall–Kier alpha value is -0.280. The van der Waals surface area contributed by atoms with Crippen LogP contribution in [0.1, 0.15) is 5.56 Å². The minimum atomic E-state index is -0.412. The Kier molecular flexibility index (Phi) is 2.73. The molecule has 1 aromatic carbocycles. The number of hydrogen-bond donors (Lipinski definition) is 1. The van der Waals surface area contributed by atoms with Crippen LogP contribution >= 0.6 is 27.5 Å². The maximum absolute atomic E-state index is 12.6. The largest absolute Gasteiger partial charge is 0.506 e. The summed E-state index contributed by atoms with van der Waals surface area (Å²) in [6.45, 7) is 0. The monoisotopic (exact) mass is 238 g/mol. The molecule has 1 rings (SSSR count). The van der Waals surface area contributed by atoms with E-state index in [9.17, 15) is 9.50 Å². The van der Waals surface area contributed by atoms with Crippen LogP contribution in [0.25, 0.3) is 0 Å². The molecule has 1 N–H and O–H groups in total. The third-order valence-corrected chi connectivity index (χ3v) is 2.14. The van der Waals surface area contributed by atoms with Gasteiger partial charge in [-0.15, -0.1) is 11.6 Å². The first-order valence-electron chi connectivity index (χ1n) is 2.88. The molecule has 1 nitrogen and oxygen atoms in total. The maximum Gasteiger partial charge on any atom is 0.134 e. The van der Waals surface area contributed by atoms with Crippen molar-refractivity contribution in [2.24, 2.45) is 0 Å². The lowest BCUT2D eigenvalue weighted by molar-refractivity contribution is 0.464. The van der Waals surface area contributed by atoms with Crippen molar-refractivity contribution in [2.45, 2.75) is 5.88 Å². The van der Waals surface area contributed by atoms with Gasteiger partial charge in [-0.3, -0.25) is 0 Å². The van der Waals surface area contributed by atoms with Crippen LogP contribution in [-0.4, -0.2) is 5.11 Å². The number of hydrogen-bond acceptors (Lipinski definition) is 1. The fourth-order valence-corrected chi connectivity index (χ4v) is 1.40. The van der Waals surface area contributed by atoms with Crippen LogP contribution in [0, 0.1) is 5.82 Å². The summed E-state index contributed by atoms with van der Waals surface area (Å²) >= 11 is 8.42. The van der Waals surface area contributed by atoms with E-state index in [0.717, 1.165) is 0 Å². The molecular weight excluding hydrogens is 234 g/mol. The van der Waals surface area contributed by atoms with Gasteiger partial charge in [-0.2, -0.15) is 0 Å². The number of halogens is 3. The highest BCUT2D eigenvalue weighted by Crippen LogP contribution is 2.29. The van der Waals surface area contributed by atoms with Gasteiger partial charge in [0.05, 0.1) is 10.4 Å². The summed E-state index contributed by atoms with van der Waals surface area (Å²) in [5.74, 6) is -0.311. The zero-order valence-electron chi connectivity index (χ0n) is 5.44. The molecule has 0 amide bonds. The van der Waals surface area contributed by atoms with E-state index in [1.807, 2.05) is 0 Å². The molecule has 0 saturated carbocycles. The lowest BCUT2D eigenvalue weighted by Crippen LogP contribution is -1.83. The summed E-state index contributed by atoms with van der Waals surface area (Å²) in [4.78, 5) is 0. The second kappa shape index (κ2) is 3.41. The average Bonchev–Trinajstić information content (AvgIpc) is 1.96. The van der Waals surface area contributed by atoms with Crippen LogP contribution < -0.4 is 0 Å². The molecule has 4 heteroatoms. The summed E-state index contributed by atoms with van der Waals surface area (Å²) in [7, 11) is 0. The quantitative estimate of drug-likeness (QED) is 0.747. The zero-order chi connectivity index (χ0) is 8.43. The summed E-state index contributed by atoms with van der Waals surface area (Å²) in [6.07, 6.45) is 0. The third-order valence-electron chi connectivity index (χ3n) is 1.25. The Balaban J connectivity index is 3.24. The van der Waals surface area contributed by atoms with Gasteiger partial charge in [0, 0.05) is 5.56 Å². The lowest BCUT2D eigenvalue weighted by atomic mass is 10.2.